The summed E-state index contributed by atoms with van der Waals surface area (Å²) < 4.78 is 27.5. The highest BCUT2D eigenvalue weighted by atomic mass is 35.5. The first-order valence-corrected chi connectivity index (χ1v) is 12.0. The first-order chi connectivity index (χ1) is 13.5. The molecule has 0 aliphatic carbocycles. The number of amides is 1. The highest BCUT2D eigenvalue weighted by Crippen LogP contribution is 2.24. The molecule has 1 fully saturated rings. The van der Waals surface area contributed by atoms with Gasteiger partial charge in [0, 0.05) is 35.3 Å². The van der Waals surface area contributed by atoms with Crippen LogP contribution in [0.25, 0.3) is 0 Å². The van der Waals surface area contributed by atoms with Crippen LogP contribution in [0.5, 0.6) is 0 Å². The normalized spacial score (nSPS) is 15.3. The third-order valence-electron chi connectivity index (χ3n) is 4.53. The van der Waals surface area contributed by atoms with E-state index in [1.807, 2.05) is 24.3 Å². The van der Waals surface area contributed by atoms with E-state index in [-0.39, 0.29) is 16.4 Å². The Morgan fingerprint density at radius 1 is 1.04 bits per heavy atom. The number of hydrogen-bond donors (Lipinski definition) is 1. The number of nitrogens with one attached hydrogen (secondary N) is 1. The Hall–Kier alpha value is -1.54. The van der Waals surface area contributed by atoms with Crippen molar-refractivity contribution in [2.45, 2.75) is 29.1 Å². The molecule has 2 aromatic rings. The van der Waals surface area contributed by atoms with Gasteiger partial charge < -0.3 is 5.32 Å². The van der Waals surface area contributed by atoms with Crippen LogP contribution in [-0.4, -0.2) is 44.0 Å². The molecule has 5 nitrogen and oxygen atoms in total. The zero-order valence-corrected chi connectivity index (χ0v) is 17.8. The van der Waals surface area contributed by atoms with Crippen molar-refractivity contribution in [3.8, 4) is 0 Å². The summed E-state index contributed by atoms with van der Waals surface area (Å²) in [7, 11) is -3.66. The van der Waals surface area contributed by atoms with Crippen molar-refractivity contribution in [1.82, 2.24) is 9.62 Å². The van der Waals surface area contributed by atoms with Gasteiger partial charge in [0.1, 0.15) is 0 Å². The molecule has 0 spiro atoms. The fourth-order valence-electron chi connectivity index (χ4n) is 3.08. The second-order valence-electron chi connectivity index (χ2n) is 6.52. The molecule has 28 heavy (non-hydrogen) atoms. The van der Waals surface area contributed by atoms with Crippen LogP contribution in [-0.2, 0) is 10.0 Å². The lowest BCUT2D eigenvalue weighted by Gasteiger charge is -2.26. The van der Waals surface area contributed by atoms with Gasteiger partial charge in [-0.3, -0.25) is 4.79 Å². The number of carbonyl (C=O) groups excluding carboxylic acids is 1. The number of rotatable bonds is 7. The zero-order valence-electron chi connectivity index (χ0n) is 15.4. The van der Waals surface area contributed by atoms with Crippen LogP contribution in [0.2, 0.25) is 5.02 Å². The average molecular weight is 439 g/mol. The molecule has 0 radical (unpaired) electrons. The van der Waals surface area contributed by atoms with E-state index in [1.54, 1.807) is 30.0 Å². The lowest BCUT2D eigenvalue weighted by atomic mass is 10.2. The minimum absolute atomic E-state index is 0.0831. The molecule has 1 saturated heterocycles. The highest BCUT2D eigenvalue weighted by molar-refractivity contribution is 7.99. The lowest BCUT2D eigenvalue weighted by molar-refractivity contribution is 0.0952. The summed E-state index contributed by atoms with van der Waals surface area (Å²) in [4.78, 5) is 13.8. The molecule has 1 aliphatic heterocycles. The topological polar surface area (TPSA) is 66.5 Å². The van der Waals surface area contributed by atoms with Crippen LogP contribution < -0.4 is 5.32 Å². The van der Waals surface area contributed by atoms with Crippen molar-refractivity contribution in [1.29, 1.82) is 0 Å². The molecule has 2 aromatic carbocycles. The van der Waals surface area contributed by atoms with E-state index >= 15 is 0 Å². The maximum Gasteiger partial charge on any atom is 0.252 e. The van der Waals surface area contributed by atoms with Crippen LogP contribution in [0, 0.1) is 0 Å². The molecule has 1 heterocycles. The van der Waals surface area contributed by atoms with Crippen molar-refractivity contribution < 1.29 is 13.2 Å². The lowest BCUT2D eigenvalue weighted by Crippen LogP contribution is -2.37. The fourth-order valence-corrected chi connectivity index (χ4v) is 5.68. The third-order valence-corrected chi connectivity index (χ3v) is 7.76. The number of piperidine rings is 1. The van der Waals surface area contributed by atoms with Crippen molar-refractivity contribution in [3.05, 3.63) is 59.1 Å². The number of hydrogen-bond acceptors (Lipinski definition) is 4. The van der Waals surface area contributed by atoms with Gasteiger partial charge in [-0.05, 0) is 49.2 Å². The number of carbonyl (C=O) groups is 1. The zero-order chi connectivity index (χ0) is 20.0. The van der Waals surface area contributed by atoms with Crippen molar-refractivity contribution >= 4 is 39.3 Å². The minimum Gasteiger partial charge on any atom is -0.351 e. The molecule has 0 unspecified atom stereocenters. The fraction of sp³-hybridized carbons (Fsp3) is 0.350. The summed E-state index contributed by atoms with van der Waals surface area (Å²) in [6.45, 7) is 1.45. The summed E-state index contributed by atoms with van der Waals surface area (Å²) in [6.07, 6.45) is 2.75. The summed E-state index contributed by atoms with van der Waals surface area (Å²) in [6, 6.07) is 13.9. The summed E-state index contributed by atoms with van der Waals surface area (Å²) in [5.74, 6) is 0.307. The van der Waals surface area contributed by atoms with Crippen molar-refractivity contribution in [2.75, 3.05) is 25.4 Å². The number of sulfonamides is 1. The van der Waals surface area contributed by atoms with Crippen LogP contribution in [0.4, 0.5) is 0 Å². The van der Waals surface area contributed by atoms with Crippen molar-refractivity contribution in [3.63, 3.8) is 0 Å². The van der Waals surface area contributed by atoms with Crippen molar-refractivity contribution in [2.24, 2.45) is 0 Å². The number of halogens is 1. The first kappa shape index (κ1) is 21.2. The van der Waals surface area contributed by atoms with E-state index in [1.165, 1.54) is 10.4 Å². The Morgan fingerprint density at radius 2 is 1.71 bits per heavy atom. The molecule has 0 aromatic heterocycles. The van der Waals surface area contributed by atoms with Gasteiger partial charge in [0.15, 0.2) is 0 Å². The van der Waals surface area contributed by atoms with Gasteiger partial charge in [0.05, 0.1) is 10.5 Å². The quantitative estimate of drug-likeness (QED) is 0.523. The summed E-state index contributed by atoms with van der Waals surface area (Å²) in [5.41, 5.74) is 0.199. The van der Waals surface area contributed by atoms with E-state index in [0.717, 1.165) is 24.2 Å². The molecule has 1 amide bonds. The smallest absolute Gasteiger partial charge is 0.252 e. The van der Waals surface area contributed by atoms with Gasteiger partial charge in [-0.2, -0.15) is 4.31 Å². The average Bonchev–Trinajstić information content (AvgIpc) is 2.73. The van der Waals surface area contributed by atoms with E-state index in [9.17, 15) is 13.2 Å². The molecule has 1 aliphatic rings. The van der Waals surface area contributed by atoms with E-state index in [2.05, 4.69) is 5.32 Å². The van der Waals surface area contributed by atoms with Gasteiger partial charge in [0.25, 0.3) is 5.91 Å². The predicted octanol–water partition coefficient (Wildman–Crippen LogP) is 4.04. The van der Waals surface area contributed by atoms with E-state index in [4.69, 9.17) is 11.6 Å². The maximum absolute atomic E-state index is 13.0. The molecule has 0 atom stereocenters. The number of thioether (sulfide) groups is 1. The molecule has 0 bridgehead atoms. The molecule has 3 rings (SSSR count). The largest absolute Gasteiger partial charge is 0.351 e. The van der Waals surface area contributed by atoms with Gasteiger partial charge in [-0.15, -0.1) is 11.8 Å². The highest BCUT2D eigenvalue weighted by Gasteiger charge is 2.29. The van der Waals surface area contributed by atoms with Crippen LogP contribution >= 0.6 is 23.4 Å². The van der Waals surface area contributed by atoms with Crippen LogP contribution in [0.3, 0.4) is 0 Å². The van der Waals surface area contributed by atoms with Gasteiger partial charge >= 0.3 is 0 Å². The SMILES string of the molecule is O=C(NCCSc1ccc(Cl)cc1)c1ccccc1S(=O)(=O)N1CCCCC1. The molecular formula is C20H23ClN2O3S2. The molecule has 8 heteroatoms. The third kappa shape index (κ3) is 5.29. The maximum atomic E-state index is 13.0. The Kier molecular flexibility index (Phi) is 7.40. The van der Waals surface area contributed by atoms with E-state index < -0.39 is 10.0 Å². The molecule has 1 N–H and O–H groups in total. The van der Waals surface area contributed by atoms with Gasteiger partial charge in [-0.25, -0.2) is 8.42 Å². The number of nitrogens with zero attached hydrogens (tertiary/aromatic N) is 1. The predicted molar refractivity (Wildman–Crippen MR) is 114 cm³/mol. The standard InChI is InChI=1S/C20H23ClN2O3S2/c21-16-8-10-17(11-9-16)27-15-12-22-20(24)18-6-2-3-7-19(18)28(25,26)23-13-4-1-5-14-23/h2-3,6-11H,1,4-5,12-15H2,(H,22,24). The Labute approximate surface area is 175 Å². The summed E-state index contributed by atoms with van der Waals surface area (Å²) >= 11 is 7.47. The molecule has 0 saturated carbocycles. The Bertz CT molecular complexity index is 911. The Morgan fingerprint density at radius 3 is 2.43 bits per heavy atom. The second kappa shape index (κ2) is 9.78. The molecular weight excluding hydrogens is 416 g/mol. The number of benzene rings is 2. The van der Waals surface area contributed by atoms with E-state index in [0.29, 0.717) is 30.4 Å². The second-order valence-corrected chi connectivity index (χ2v) is 10.0. The molecule has 150 valence electrons. The Balaban J connectivity index is 1.63. The van der Waals surface area contributed by atoms with Crippen LogP contribution in [0.1, 0.15) is 29.6 Å². The monoisotopic (exact) mass is 438 g/mol. The summed E-state index contributed by atoms with van der Waals surface area (Å²) in [5, 5.41) is 3.51. The first-order valence-electron chi connectivity index (χ1n) is 9.24. The van der Waals surface area contributed by atoms with Gasteiger partial charge in [0.2, 0.25) is 10.0 Å². The van der Waals surface area contributed by atoms with Crippen LogP contribution in [0.15, 0.2) is 58.3 Å². The van der Waals surface area contributed by atoms with Gasteiger partial charge in [-0.1, -0.05) is 30.2 Å². The minimum atomic E-state index is -3.66.